The first-order chi connectivity index (χ1) is 8.49. The van der Waals surface area contributed by atoms with Crippen molar-refractivity contribution < 1.29 is 9.53 Å². The molecule has 0 saturated carbocycles. The molecule has 1 aromatic rings. The number of anilines is 1. The molecule has 1 amide bonds. The minimum absolute atomic E-state index is 0.0378. The molecule has 5 heteroatoms. The van der Waals surface area contributed by atoms with Crippen LogP contribution >= 0.6 is 11.6 Å². The number of carbonyl (C=O) groups is 1. The van der Waals surface area contributed by atoms with Gasteiger partial charge in [0.1, 0.15) is 11.7 Å². The van der Waals surface area contributed by atoms with Crippen LogP contribution in [0.3, 0.4) is 0 Å². The molecule has 0 aliphatic rings. The number of amides is 1. The van der Waals surface area contributed by atoms with Gasteiger partial charge in [-0.1, -0.05) is 25.4 Å². The van der Waals surface area contributed by atoms with Crippen molar-refractivity contribution in [2.24, 2.45) is 11.8 Å². The fourth-order valence-corrected chi connectivity index (χ4v) is 1.66. The number of benzene rings is 1. The molecule has 0 heterocycles. The molecule has 0 aliphatic heterocycles. The van der Waals surface area contributed by atoms with E-state index >= 15 is 0 Å². The Labute approximate surface area is 112 Å². The van der Waals surface area contributed by atoms with E-state index in [0.717, 1.165) is 0 Å². The van der Waals surface area contributed by atoms with E-state index in [1.54, 1.807) is 18.2 Å². The van der Waals surface area contributed by atoms with E-state index in [9.17, 15) is 4.79 Å². The first kappa shape index (κ1) is 14.3. The van der Waals surface area contributed by atoms with Crippen LogP contribution < -0.4 is 10.1 Å². The number of nitriles is 1. The van der Waals surface area contributed by atoms with E-state index in [1.165, 1.54) is 7.11 Å². The molecule has 18 heavy (non-hydrogen) atoms. The molecule has 0 aliphatic carbocycles. The third-order valence-electron chi connectivity index (χ3n) is 2.51. The van der Waals surface area contributed by atoms with Crippen LogP contribution in [0.25, 0.3) is 0 Å². The number of nitrogens with zero attached hydrogens (tertiary/aromatic N) is 1. The summed E-state index contributed by atoms with van der Waals surface area (Å²) in [5, 5.41) is 12.1. The summed E-state index contributed by atoms with van der Waals surface area (Å²) in [6.07, 6.45) is 0. The van der Waals surface area contributed by atoms with Crippen LogP contribution in [0.4, 0.5) is 5.69 Å². The first-order valence-corrected chi connectivity index (χ1v) is 5.91. The Morgan fingerprint density at radius 2 is 2.17 bits per heavy atom. The molecule has 0 radical (unpaired) electrons. The van der Waals surface area contributed by atoms with Crippen molar-refractivity contribution in [2.75, 3.05) is 12.4 Å². The highest BCUT2D eigenvalue weighted by Crippen LogP contribution is 2.27. The second kappa shape index (κ2) is 6.27. The molecule has 1 atom stereocenters. The van der Waals surface area contributed by atoms with Gasteiger partial charge < -0.3 is 10.1 Å². The average molecular weight is 267 g/mol. The number of hydrogen-bond acceptors (Lipinski definition) is 3. The molecule has 96 valence electrons. The minimum Gasteiger partial charge on any atom is -0.495 e. The van der Waals surface area contributed by atoms with E-state index in [4.69, 9.17) is 21.6 Å². The zero-order valence-corrected chi connectivity index (χ0v) is 11.3. The lowest BCUT2D eigenvalue weighted by molar-refractivity contribution is -0.119. The molecular formula is C13H15ClN2O2. The largest absolute Gasteiger partial charge is 0.495 e. The Kier molecular flexibility index (Phi) is 4.99. The predicted molar refractivity (Wildman–Crippen MR) is 70.6 cm³/mol. The quantitative estimate of drug-likeness (QED) is 0.911. The van der Waals surface area contributed by atoms with Gasteiger partial charge in [-0.3, -0.25) is 4.79 Å². The Bertz CT molecular complexity index is 480. The van der Waals surface area contributed by atoms with Crippen LogP contribution in [0.5, 0.6) is 5.75 Å². The third-order valence-corrected chi connectivity index (χ3v) is 2.82. The maximum absolute atomic E-state index is 11.9. The van der Waals surface area contributed by atoms with Crippen molar-refractivity contribution in [1.29, 1.82) is 5.26 Å². The standard InChI is InChI=1S/C13H15ClN2O2/c1-8(2)10(7-15)13(17)16-9-4-5-11(14)12(6-9)18-3/h4-6,8,10H,1-3H3,(H,16,17). The fraction of sp³-hybridized carbons (Fsp3) is 0.385. The maximum atomic E-state index is 11.9. The van der Waals surface area contributed by atoms with Gasteiger partial charge in [-0.25, -0.2) is 0 Å². The van der Waals surface area contributed by atoms with Gasteiger partial charge in [0.05, 0.1) is 18.2 Å². The summed E-state index contributed by atoms with van der Waals surface area (Å²) >= 11 is 5.88. The number of halogens is 1. The summed E-state index contributed by atoms with van der Waals surface area (Å²) in [6.45, 7) is 3.66. The molecule has 1 rings (SSSR count). The van der Waals surface area contributed by atoms with Crippen molar-refractivity contribution in [3.63, 3.8) is 0 Å². The summed E-state index contributed by atoms with van der Waals surface area (Å²) in [4.78, 5) is 11.9. The van der Waals surface area contributed by atoms with Crippen LogP contribution in [0.2, 0.25) is 5.02 Å². The lowest BCUT2D eigenvalue weighted by Gasteiger charge is -2.13. The molecule has 1 N–H and O–H groups in total. The summed E-state index contributed by atoms with van der Waals surface area (Å²) in [5.41, 5.74) is 0.558. The molecule has 4 nitrogen and oxygen atoms in total. The zero-order valence-electron chi connectivity index (χ0n) is 10.5. The molecule has 0 fully saturated rings. The lowest BCUT2D eigenvalue weighted by Crippen LogP contribution is -2.25. The van der Waals surface area contributed by atoms with Crippen LogP contribution in [0.15, 0.2) is 18.2 Å². The monoisotopic (exact) mass is 266 g/mol. The summed E-state index contributed by atoms with van der Waals surface area (Å²) in [6, 6.07) is 6.91. The van der Waals surface area contributed by atoms with Gasteiger partial charge >= 0.3 is 0 Å². The van der Waals surface area contributed by atoms with Crippen molar-refractivity contribution in [2.45, 2.75) is 13.8 Å². The maximum Gasteiger partial charge on any atom is 0.241 e. The number of hydrogen-bond donors (Lipinski definition) is 1. The van der Waals surface area contributed by atoms with Gasteiger partial charge in [-0.2, -0.15) is 5.26 Å². The highest BCUT2D eigenvalue weighted by Gasteiger charge is 2.21. The van der Waals surface area contributed by atoms with Gasteiger partial charge in [0.15, 0.2) is 0 Å². The van der Waals surface area contributed by atoms with Crippen LogP contribution in [0.1, 0.15) is 13.8 Å². The van der Waals surface area contributed by atoms with Gasteiger partial charge in [0.25, 0.3) is 0 Å². The van der Waals surface area contributed by atoms with Crippen LogP contribution in [0, 0.1) is 23.2 Å². The Balaban J connectivity index is 2.85. The molecule has 0 saturated heterocycles. The van der Waals surface area contributed by atoms with Crippen molar-refractivity contribution >= 4 is 23.2 Å². The second-order valence-electron chi connectivity index (χ2n) is 4.19. The van der Waals surface area contributed by atoms with Gasteiger partial charge in [-0.15, -0.1) is 0 Å². The molecule has 1 aromatic carbocycles. The number of nitrogens with one attached hydrogen (secondary N) is 1. The minimum atomic E-state index is -0.674. The average Bonchev–Trinajstić information content (AvgIpc) is 2.32. The summed E-state index contributed by atoms with van der Waals surface area (Å²) in [7, 11) is 1.50. The normalized spacial score (nSPS) is 11.8. The third kappa shape index (κ3) is 3.38. The fourth-order valence-electron chi connectivity index (χ4n) is 1.47. The Morgan fingerprint density at radius 3 is 2.67 bits per heavy atom. The second-order valence-corrected chi connectivity index (χ2v) is 4.60. The van der Waals surface area contributed by atoms with E-state index in [2.05, 4.69) is 5.32 Å². The molecule has 0 spiro atoms. The predicted octanol–water partition coefficient (Wildman–Crippen LogP) is 3.08. The zero-order chi connectivity index (χ0) is 13.7. The highest BCUT2D eigenvalue weighted by atomic mass is 35.5. The summed E-state index contributed by atoms with van der Waals surface area (Å²) in [5.74, 6) is -0.555. The first-order valence-electron chi connectivity index (χ1n) is 5.53. The topological polar surface area (TPSA) is 62.1 Å². The van der Waals surface area contributed by atoms with Gasteiger partial charge in [-0.05, 0) is 18.1 Å². The van der Waals surface area contributed by atoms with Crippen LogP contribution in [-0.2, 0) is 4.79 Å². The van der Waals surface area contributed by atoms with Gasteiger partial charge in [0, 0.05) is 11.8 Å². The van der Waals surface area contributed by atoms with Crippen molar-refractivity contribution in [1.82, 2.24) is 0 Å². The number of ether oxygens (including phenoxy) is 1. The van der Waals surface area contributed by atoms with Crippen molar-refractivity contribution in [3.8, 4) is 11.8 Å². The molecular weight excluding hydrogens is 252 g/mol. The van der Waals surface area contributed by atoms with Crippen molar-refractivity contribution in [3.05, 3.63) is 23.2 Å². The molecule has 1 unspecified atom stereocenters. The lowest BCUT2D eigenvalue weighted by atomic mass is 9.96. The smallest absolute Gasteiger partial charge is 0.241 e. The van der Waals surface area contributed by atoms with E-state index < -0.39 is 5.92 Å². The van der Waals surface area contributed by atoms with Gasteiger partial charge in [0.2, 0.25) is 5.91 Å². The van der Waals surface area contributed by atoms with E-state index in [0.29, 0.717) is 16.5 Å². The van der Waals surface area contributed by atoms with Crippen LogP contribution in [-0.4, -0.2) is 13.0 Å². The molecule has 0 aromatic heterocycles. The SMILES string of the molecule is COc1cc(NC(=O)C(C#N)C(C)C)ccc1Cl. The Hall–Kier alpha value is -1.73. The summed E-state index contributed by atoms with van der Waals surface area (Å²) < 4.78 is 5.05. The Morgan fingerprint density at radius 1 is 1.50 bits per heavy atom. The van der Waals surface area contributed by atoms with E-state index in [-0.39, 0.29) is 11.8 Å². The number of rotatable bonds is 4. The highest BCUT2D eigenvalue weighted by molar-refractivity contribution is 6.32. The number of methoxy groups -OCH3 is 1. The molecule has 0 bridgehead atoms. The van der Waals surface area contributed by atoms with E-state index in [1.807, 2.05) is 19.9 Å². The number of carbonyl (C=O) groups excluding carboxylic acids is 1.